The van der Waals surface area contributed by atoms with Crippen LogP contribution in [0.1, 0.15) is 15.9 Å². The van der Waals surface area contributed by atoms with E-state index >= 15 is 0 Å². The molecule has 0 aliphatic rings. The standard InChI is InChI=1S/C15H12BrN3O2S/c16-13-4-2-1-3-12(13)14(20)21-11-7-5-10(6-8-11)9-18-19-15(17)22/h1-9H,(H3,17,19,22). The number of nitrogens with zero attached hydrogens (tertiary/aromatic N) is 1. The molecule has 112 valence electrons. The summed E-state index contributed by atoms with van der Waals surface area (Å²) >= 11 is 7.94. The van der Waals surface area contributed by atoms with Gasteiger partial charge in [0.15, 0.2) is 5.11 Å². The number of esters is 1. The van der Waals surface area contributed by atoms with Crippen LogP contribution < -0.4 is 15.9 Å². The highest BCUT2D eigenvalue weighted by atomic mass is 79.9. The van der Waals surface area contributed by atoms with Crippen molar-refractivity contribution in [3.8, 4) is 5.75 Å². The third kappa shape index (κ3) is 4.64. The van der Waals surface area contributed by atoms with Gasteiger partial charge in [0.1, 0.15) is 5.75 Å². The average Bonchev–Trinajstić information content (AvgIpc) is 2.49. The molecule has 0 radical (unpaired) electrons. The number of carbonyl (C=O) groups is 1. The Labute approximate surface area is 141 Å². The fraction of sp³-hybridized carbons (Fsp3) is 0. The molecule has 7 heteroatoms. The van der Waals surface area contributed by atoms with Gasteiger partial charge >= 0.3 is 5.97 Å². The van der Waals surface area contributed by atoms with E-state index in [-0.39, 0.29) is 5.11 Å². The maximum atomic E-state index is 12.1. The summed E-state index contributed by atoms with van der Waals surface area (Å²) < 4.78 is 6.00. The van der Waals surface area contributed by atoms with Crippen LogP contribution in [0.25, 0.3) is 0 Å². The van der Waals surface area contributed by atoms with Crippen LogP contribution >= 0.6 is 28.1 Å². The van der Waals surface area contributed by atoms with E-state index in [9.17, 15) is 4.79 Å². The van der Waals surface area contributed by atoms with E-state index in [4.69, 9.17) is 10.5 Å². The molecule has 5 nitrogen and oxygen atoms in total. The highest BCUT2D eigenvalue weighted by Crippen LogP contribution is 2.19. The van der Waals surface area contributed by atoms with Crippen molar-refractivity contribution in [3.05, 3.63) is 64.1 Å². The Morgan fingerprint density at radius 1 is 1.23 bits per heavy atom. The Kier molecular flexibility index (Phi) is 5.62. The van der Waals surface area contributed by atoms with Gasteiger partial charge in [-0.05, 0) is 70.1 Å². The third-order valence-corrected chi connectivity index (χ3v) is 3.36. The van der Waals surface area contributed by atoms with E-state index in [1.807, 2.05) is 6.07 Å². The molecule has 0 fully saturated rings. The highest BCUT2D eigenvalue weighted by molar-refractivity contribution is 9.10. The van der Waals surface area contributed by atoms with Gasteiger partial charge in [-0.15, -0.1) is 0 Å². The number of benzene rings is 2. The summed E-state index contributed by atoms with van der Waals surface area (Å²) in [5, 5.41) is 3.93. The first-order valence-corrected chi connectivity index (χ1v) is 7.41. The Morgan fingerprint density at radius 2 is 1.91 bits per heavy atom. The predicted molar refractivity (Wildman–Crippen MR) is 93.1 cm³/mol. The summed E-state index contributed by atoms with van der Waals surface area (Å²) in [7, 11) is 0. The Balaban J connectivity index is 2.02. The molecule has 0 atom stereocenters. The molecule has 2 aromatic rings. The zero-order valence-electron chi connectivity index (χ0n) is 11.3. The van der Waals surface area contributed by atoms with Crippen LogP contribution in [0.2, 0.25) is 0 Å². The minimum absolute atomic E-state index is 0.0928. The largest absolute Gasteiger partial charge is 0.423 e. The second-order valence-electron chi connectivity index (χ2n) is 4.17. The van der Waals surface area contributed by atoms with Crippen LogP contribution in [0, 0.1) is 0 Å². The molecule has 0 heterocycles. The molecule has 0 saturated carbocycles. The van der Waals surface area contributed by atoms with Crippen molar-refractivity contribution in [2.45, 2.75) is 0 Å². The molecule has 0 aromatic heterocycles. The van der Waals surface area contributed by atoms with Crippen molar-refractivity contribution < 1.29 is 9.53 Å². The molecule has 0 spiro atoms. The molecule has 0 saturated heterocycles. The predicted octanol–water partition coefficient (Wildman–Crippen LogP) is 2.84. The van der Waals surface area contributed by atoms with E-state index < -0.39 is 5.97 Å². The second kappa shape index (κ2) is 7.67. The van der Waals surface area contributed by atoms with Gasteiger partial charge in [0.2, 0.25) is 0 Å². The second-order valence-corrected chi connectivity index (χ2v) is 5.47. The zero-order chi connectivity index (χ0) is 15.9. The van der Waals surface area contributed by atoms with Crippen molar-refractivity contribution in [2.75, 3.05) is 0 Å². The lowest BCUT2D eigenvalue weighted by Crippen LogP contribution is -2.23. The molecule has 0 unspecified atom stereocenters. The van der Waals surface area contributed by atoms with Crippen LogP contribution in [0.15, 0.2) is 58.1 Å². The number of nitrogens with two attached hydrogens (primary N) is 1. The van der Waals surface area contributed by atoms with Crippen LogP contribution in [0.5, 0.6) is 5.75 Å². The van der Waals surface area contributed by atoms with Crippen molar-refractivity contribution in [2.24, 2.45) is 10.8 Å². The fourth-order valence-electron chi connectivity index (χ4n) is 1.58. The lowest BCUT2D eigenvalue weighted by Gasteiger charge is -2.06. The van der Waals surface area contributed by atoms with E-state index in [1.165, 1.54) is 0 Å². The molecule has 0 aliphatic heterocycles. The summed E-state index contributed by atoms with van der Waals surface area (Å²) in [6, 6.07) is 13.9. The van der Waals surface area contributed by atoms with Gasteiger partial charge in [-0.1, -0.05) is 12.1 Å². The van der Waals surface area contributed by atoms with Crippen molar-refractivity contribution >= 4 is 45.4 Å². The minimum atomic E-state index is -0.427. The number of nitrogens with one attached hydrogen (secondary N) is 1. The Morgan fingerprint density at radius 3 is 2.55 bits per heavy atom. The average molecular weight is 378 g/mol. The highest BCUT2D eigenvalue weighted by Gasteiger charge is 2.11. The summed E-state index contributed by atoms with van der Waals surface area (Å²) in [6.07, 6.45) is 1.55. The van der Waals surface area contributed by atoms with Gasteiger partial charge in [-0.2, -0.15) is 5.10 Å². The first-order valence-electron chi connectivity index (χ1n) is 6.21. The minimum Gasteiger partial charge on any atom is -0.423 e. The number of ether oxygens (including phenoxy) is 1. The zero-order valence-corrected chi connectivity index (χ0v) is 13.7. The topological polar surface area (TPSA) is 76.7 Å². The number of halogens is 1. The number of carbonyl (C=O) groups excluding carboxylic acids is 1. The number of hydrogen-bond acceptors (Lipinski definition) is 4. The number of hydrazone groups is 1. The van der Waals surface area contributed by atoms with Gasteiger partial charge in [0.05, 0.1) is 11.8 Å². The lowest BCUT2D eigenvalue weighted by atomic mass is 10.2. The van der Waals surface area contributed by atoms with Gasteiger partial charge in [-0.3, -0.25) is 5.43 Å². The summed E-state index contributed by atoms with van der Waals surface area (Å²) in [4.78, 5) is 12.1. The molecule has 0 bridgehead atoms. The maximum Gasteiger partial charge on any atom is 0.344 e. The van der Waals surface area contributed by atoms with Crippen LogP contribution in [0.4, 0.5) is 0 Å². The van der Waals surface area contributed by atoms with E-state index in [1.54, 1.807) is 48.7 Å². The number of thiocarbonyl (C=S) groups is 1. The number of hydrogen-bond donors (Lipinski definition) is 2. The molecular weight excluding hydrogens is 366 g/mol. The van der Waals surface area contributed by atoms with Crippen LogP contribution in [-0.2, 0) is 0 Å². The molecule has 2 aromatic carbocycles. The Hall–Kier alpha value is -2.25. The summed E-state index contributed by atoms with van der Waals surface area (Å²) in [5.41, 5.74) is 8.98. The van der Waals surface area contributed by atoms with Crippen molar-refractivity contribution in [1.82, 2.24) is 5.43 Å². The van der Waals surface area contributed by atoms with Crippen molar-refractivity contribution in [1.29, 1.82) is 0 Å². The molecule has 0 amide bonds. The van der Waals surface area contributed by atoms with Gasteiger partial charge in [-0.25, -0.2) is 4.79 Å². The SMILES string of the molecule is NC(=S)NN=Cc1ccc(OC(=O)c2ccccc2Br)cc1. The fourth-order valence-corrected chi connectivity index (χ4v) is 2.08. The molecular formula is C15H12BrN3O2S. The quantitative estimate of drug-likeness (QED) is 0.281. The maximum absolute atomic E-state index is 12.1. The van der Waals surface area contributed by atoms with Gasteiger partial charge in [0, 0.05) is 4.47 Å². The first kappa shape index (κ1) is 16.1. The smallest absolute Gasteiger partial charge is 0.344 e. The van der Waals surface area contributed by atoms with Crippen LogP contribution in [0.3, 0.4) is 0 Å². The third-order valence-electron chi connectivity index (χ3n) is 2.57. The van der Waals surface area contributed by atoms with Gasteiger partial charge < -0.3 is 10.5 Å². The molecule has 22 heavy (non-hydrogen) atoms. The van der Waals surface area contributed by atoms with E-state index in [0.29, 0.717) is 15.8 Å². The monoisotopic (exact) mass is 377 g/mol. The van der Waals surface area contributed by atoms with Crippen LogP contribution in [-0.4, -0.2) is 17.3 Å². The van der Waals surface area contributed by atoms with Crippen molar-refractivity contribution in [3.63, 3.8) is 0 Å². The lowest BCUT2D eigenvalue weighted by molar-refractivity contribution is 0.0734. The van der Waals surface area contributed by atoms with Gasteiger partial charge in [0.25, 0.3) is 0 Å². The molecule has 3 N–H and O–H groups in total. The van der Waals surface area contributed by atoms with E-state index in [0.717, 1.165) is 5.56 Å². The Bertz CT molecular complexity index is 717. The summed E-state index contributed by atoms with van der Waals surface area (Å²) in [6.45, 7) is 0. The first-order chi connectivity index (χ1) is 10.6. The molecule has 0 aliphatic carbocycles. The molecule has 2 rings (SSSR count). The van der Waals surface area contributed by atoms with E-state index in [2.05, 4.69) is 38.7 Å². The number of rotatable bonds is 4. The summed E-state index contributed by atoms with van der Waals surface area (Å²) in [5.74, 6) is 0.0178. The normalized spacial score (nSPS) is 10.4.